The first-order chi connectivity index (χ1) is 7.87. The molecular weight excluding hydrogens is 240 g/mol. The molecule has 6 heteroatoms. The molecule has 5 nitrogen and oxygen atoms in total. The highest BCUT2D eigenvalue weighted by Gasteiger charge is 2.14. The van der Waals surface area contributed by atoms with Crippen LogP contribution in [0.3, 0.4) is 0 Å². The lowest BCUT2D eigenvalue weighted by molar-refractivity contribution is -0.120. The van der Waals surface area contributed by atoms with Gasteiger partial charge in [0, 0.05) is 19.5 Å². The number of hydrogen-bond donors (Lipinski definition) is 2. The molecule has 0 fully saturated rings. The number of nitrogens with one attached hydrogen (secondary N) is 2. The van der Waals surface area contributed by atoms with Gasteiger partial charge in [0.2, 0.25) is 5.91 Å². The standard InChI is InChI=1S/C11H24N2O3S/c1-4-12-6-7-13-11(14)5-8-17(15,16)9-10(2)3/h10,12H,4-9H2,1-3H3,(H,13,14). The average molecular weight is 264 g/mol. The Morgan fingerprint density at radius 2 is 1.88 bits per heavy atom. The number of likely N-dealkylation sites (N-methyl/N-ethyl adjacent to an activating group) is 1. The predicted molar refractivity (Wildman–Crippen MR) is 69.7 cm³/mol. The minimum absolute atomic E-state index is 0.0567. The molecule has 0 spiro atoms. The van der Waals surface area contributed by atoms with Crippen molar-refractivity contribution in [1.82, 2.24) is 10.6 Å². The number of carbonyl (C=O) groups excluding carboxylic acids is 1. The van der Waals surface area contributed by atoms with E-state index in [0.717, 1.165) is 6.54 Å². The van der Waals surface area contributed by atoms with E-state index in [2.05, 4.69) is 10.6 Å². The van der Waals surface area contributed by atoms with Gasteiger partial charge < -0.3 is 10.6 Å². The predicted octanol–water partition coefficient (Wildman–Crippen LogP) is 0.173. The van der Waals surface area contributed by atoms with Gasteiger partial charge in [-0.15, -0.1) is 0 Å². The number of hydrogen-bond acceptors (Lipinski definition) is 4. The summed E-state index contributed by atoms with van der Waals surface area (Å²) in [4.78, 5) is 11.3. The smallest absolute Gasteiger partial charge is 0.221 e. The molecule has 0 aromatic carbocycles. The molecule has 102 valence electrons. The molecule has 0 aliphatic heterocycles. The Kier molecular flexibility index (Phi) is 8.16. The molecule has 0 rings (SSSR count). The van der Waals surface area contributed by atoms with E-state index in [1.54, 1.807) is 0 Å². The lowest BCUT2D eigenvalue weighted by Gasteiger charge is -2.08. The summed E-state index contributed by atoms with van der Waals surface area (Å²) in [6, 6.07) is 0. The number of carbonyl (C=O) groups is 1. The topological polar surface area (TPSA) is 75.3 Å². The fourth-order valence-corrected chi connectivity index (χ4v) is 3.07. The second kappa shape index (κ2) is 8.47. The molecule has 17 heavy (non-hydrogen) atoms. The number of rotatable bonds is 9. The van der Waals surface area contributed by atoms with Crippen LogP contribution in [0.2, 0.25) is 0 Å². The summed E-state index contributed by atoms with van der Waals surface area (Å²) >= 11 is 0. The number of sulfone groups is 1. The van der Waals surface area contributed by atoms with Crippen LogP contribution in [0.5, 0.6) is 0 Å². The van der Waals surface area contributed by atoms with E-state index in [9.17, 15) is 13.2 Å². The van der Waals surface area contributed by atoms with Crippen LogP contribution in [0, 0.1) is 5.92 Å². The Balaban J connectivity index is 3.76. The minimum atomic E-state index is -3.09. The van der Waals surface area contributed by atoms with Gasteiger partial charge >= 0.3 is 0 Å². The molecule has 0 unspecified atom stereocenters. The third-order valence-corrected chi connectivity index (χ3v) is 4.10. The van der Waals surface area contributed by atoms with Crippen LogP contribution in [-0.2, 0) is 14.6 Å². The zero-order valence-electron chi connectivity index (χ0n) is 11.0. The summed E-state index contributed by atoms with van der Waals surface area (Å²) in [5.41, 5.74) is 0. The Bertz CT molecular complexity index is 313. The first-order valence-electron chi connectivity index (χ1n) is 6.05. The zero-order valence-corrected chi connectivity index (χ0v) is 11.8. The molecule has 0 heterocycles. The largest absolute Gasteiger partial charge is 0.355 e. The third kappa shape index (κ3) is 10.3. The highest BCUT2D eigenvalue weighted by Crippen LogP contribution is 2.02. The van der Waals surface area contributed by atoms with Gasteiger partial charge in [-0.05, 0) is 12.5 Å². The molecule has 0 radical (unpaired) electrons. The monoisotopic (exact) mass is 264 g/mol. The maximum Gasteiger partial charge on any atom is 0.221 e. The van der Waals surface area contributed by atoms with Crippen LogP contribution in [0.15, 0.2) is 0 Å². The zero-order chi connectivity index (χ0) is 13.3. The SMILES string of the molecule is CCNCCNC(=O)CCS(=O)(=O)CC(C)C. The molecule has 0 bridgehead atoms. The van der Waals surface area contributed by atoms with Crippen molar-refractivity contribution in [1.29, 1.82) is 0 Å². The summed E-state index contributed by atoms with van der Waals surface area (Å²) in [5, 5.41) is 5.75. The van der Waals surface area contributed by atoms with Crippen LogP contribution < -0.4 is 10.6 Å². The van der Waals surface area contributed by atoms with E-state index in [-0.39, 0.29) is 29.8 Å². The van der Waals surface area contributed by atoms with Gasteiger partial charge in [0.05, 0.1) is 11.5 Å². The molecule has 0 aromatic rings. The summed E-state index contributed by atoms with van der Waals surface area (Å²) in [6.45, 7) is 7.80. The van der Waals surface area contributed by atoms with E-state index in [0.29, 0.717) is 13.1 Å². The molecule has 0 atom stereocenters. The van der Waals surface area contributed by atoms with E-state index in [4.69, 9.17) is 0 Å². The normalized spacial score (nSPS) is 11.8. The molecule has 1 amide bonds. The molecule has 0 aliphatic rings. The fraction of sp³-hybridized carbons (Fsp3) is 0.909. The van der Waals surface area contributed by atoms with Gasteiger partial charge in [-0.2, -0.15) is 0 Å². The van der Waals surface area contributed by atoms with E-state index in [1.807, 2.05) is 20.8 Å². The second-order valence-corrected chi connectivity index (χ2v) is 6.69. The third-order valence-electron chi connectivity index (χ3n) is 2.10. The molecule has 0 saturated heterocycles. The summed E-state index contributed by atoms with van der Waals surface area (Å²) < 4.78 is 23.1. The molecule has 0 aliphatic carbocycles. The van der Waals surface area contributed by atoms with Crippen LogP contribution in [0.1, 0.15) is 27.2 Å². The Hall–Kier alpha value is -0.620. The van der Waals surface area contributed by atoms with Crippen molar-refractivity contribution in [3.63, 3.8) is 0 Å². The molecular formula is C11H24N2O3S. The molecule has 0 aromatic heterocycles. The lowest BCUT2D eigenvalue weighted by atomic mass is 10.3. The van der Waals surface area contributed by atoms with Gasteiger partial charge in [0.25, 0.3) is 0 Å². The van der Waals surface area contributed by atoms with Crippen molar-refractivity contribution in [3.05, 3.63) is 0 Å². The van der Waals surface area contributed by atoms with Crippen LogP contribution in [0.4, 0.5) is 0 Å². The van der Waals surface area contributed by atoms with Crippen LogP contribution >= 0.6 is 0 Å². The van der Waals surface area contributed by atoms with Gasteiger partial charge in [-0.1, -0.05) is 20.8 Å². The quantitative estimate of drug-likeness (QED) is 0.582. The number of amides is 1. The average Bonchev–Trinajstić information content (AvgIpc) is 2.20. The van der Waals surface area contributed by atoms with Crippen molar-refractivity contribution in [2.45, 2.75) is 27.2 Å². The fourth-order valence-electron chi connectivity index (χ4n) is 1.39. The first-order valence-corrected chi connectivity index (χ1v) is 7.87. The first kappa shape index (κ1) is 16.4. The second-order valence-electron chi connectivity index (χ2n) is 4.46. The van der Waals surface area contributed by atoms with Gasteiger partial charge in [-0.3, -0.25) is 4.79 Å². The van der Waals surface area contributed by atoms with E-state index in [1.165, 1.54) is 0 Å². The van der Waals surface area contributed by atoms with Crippen molar-refractivity contribution in [2.24, 2.45) is 5.92 Å². The van der Waals surface area contributed by atoms with Gasteiger partial charge in [0.15, 0.2) is 9.84 Å². The maximum absolute atomic E-state index is 11.5. The van der Waals surface area contributed by atoms with Crippen molar-refractivity contribution >= 4 is 15.7 Å². The van der Waals surface area contributed by atoms with Crippen molar-refractivity contribution < 1.29 is 13.2 Å². The lowest BCUT2D eigenvalue weighted by Crippen LogP contribution is -2.33. The molecule has 0 saturated carbocycles. The highest BCUT2D eigenvalue weighted by molar-refractivity contribution is 7.91. The Morgan fingerprint density at radius 1 is 1.24 bits per heavy atom. The van der Waals surface area contributed by atoms with Crippen LogP contribution in [0.25, 0.3) is 0 Å². The van der Waals surface area contributed by atoms with Crippen molar-refractivity contribution in [2.75, 3.05) is 31.1 Å². The summed E-state index contributed by atoms with van der Waals surface area (Å²) in [7, 11) is -3.09. The minimum Gasteiger partial charge on any atom is -0.355 e. The van der Waals surface area contributed by atoms with Gasteiger partial charge in [-0.25, -0.2) is 8.42 Å². The Labute approximate surface area is 104 Å². The van der Waals surface area contributed by atoms with Gasteiger partial charge in [0.1, 0.15) is 0 Å². The molecule has 2 N–H and O–H groups in total. The van der Waals surface area contributed by atoms with Crippen LogP contribution in [-0.4, -0.2) is 45.5 Å². The maximum atomic E-state index is 11.5. The van der Waals surface area contributed by atoms with Crippen molar-refractivity contribution in [3.8, 4) is 0 Å². The Morgan fingerprint density at radius 3 is 2.41 bits per heavy atom. The van der Waals surface area contributed by atoms with E-state index >= 15 is 0 Å². The highest BCUT2D eigenvalue weighted by atomic mass is 32.2. The van der Waals surface area contributed by atoms with E-state index < -0.39 is 9.84 Å². The summed E-state index contributed by atoms with van der Waals surface area (Å²) in [6.07, 6.45) is 0.0567. The summed E-state index contributed by atoms with van der Waals surface area (Å²) in [5.74, 6) is 0.00245.